The topological polar surface area (TPSA) is 83.6 Å². The number of hydrogen-bond acceptors (Lipinski definition) is 5. The van der Waals surface area contributed by atoms with Gasteiger partial charge in [0.05, 0.1) is 11.6 Å². The average molecular weight is 409 g/mol. The molecule has 1 aliphatic heterocycles. The first-order valence-corrected chi connectivity index (χ1v) is 9.33. The normalized spacial score (nSPS) is 16.6. The van der Waals surface area contributed by atoms with E-state index in [9.17, 15) is 14.7 Å². The maximum Gasteiger partial charge on any atom is 0.290 e. The Morgan fingerprint density at radius 2 is 1.97 bits per heavy atom. The Kier molecular flexibility index (Phi) is 4.94. The van der Waals surface area contributed by atoms with E-state index in [-0.39, 0.29) is 17.9 Å². The van der Waals surface area contributed by atoms with Crippen molar-refractivity contribution >= 4 is 23.3 Å². The largest absolute Gasteiger partial charge is 0.503 e. The van der Waals surface area contributed by atoms with Crippen molar-refractivity contribution in [1.29, 1.82) is 0 Å². The molecular formula is C22H17ClN2O4. The number of rotatable bonds is 5. The number of nitrogens with zero attached hydrogens (tertiary/aromatic N) is 2. The second-order valence-electron chi connectivity index (χ2n) is 6.75. The molecule has 1 atom stereocenters. The molecule has 2 aromatic heterocycles. The first-order valence-electron chi connectivity index (χ1n) is 8.95. The summed E-state index contributed by atoms with van der Waals surface area (Å²) in [5.74, 6) is -1.10. The molecule has 29 heavy (non-hydrogen) atoms. The van der Waals surface area contributed by atoms with E-state index in [1.165, 1.54) is 11.0 Å². The maximum absolute atomic E-state index is 13.1. The third-order valence-electron chi connectivity index (χ3n) is 4.77. The highest BCUT2D eigenvalue weighted by Crippen LogP contribution is 2.40. The molecule has 6 nitrogen and oxygen atoms in total. The van der Waals surface area contributed by atoms with E-state index in [0.29, 0.717) is 16.3 Å². The van der Waals surface area contributed by atoms with Gasteiger partial charge >= 0.3 is 0 Å². The molecule has 1 unspecified atom stereocenters. The van der Waals surface area contributed by atoms with Crippen molar-refractivity contribution in [2.24, 2.45) is 0 Å². The molecule has 7 heteroatoms. The van der Waals surface area contributed by atoms with Crippen LogP contribution in [0.3, 0.4) is 0 Å². The van der Waals surface area contributed by atoms with Crippen LogP contribution < -0.4 is 0 Å². The molecule has 0 saturated carbocycles. The van der Waals surface area contributed by atoms with E-state index in [0.717, 1.165) is 5.56 Å². The van der Waals surface area contributed by atoms with Gasteiger partial charge in [-0.05, 0) is 48.4 Å². The third-order valence-corrected chi connectivity index (χ3v) is 5.03. The van der Waals surface area contributed by atoms with E-state index in [1.807, 2.05) is 6.07 Å². The fourth-order valence-electron chi connectivity index (χ4n) is 3.42. The number of aliphatic hydroxyl groups is 1. The van der Waals surface area contributed by atoms with Crippen LogP contribution in [-0.4, -0.2) is 26.7 Å². The minimum absolute atomic E-state index is 0.0180. The van der Waals surface area contributed by atoms with Crippen LogP contribution in [0.1, 0.15) is 33.5 Å². The lowest BCUT2D eigenvalue weighted by atomic mass is 9.95. The number of furan rings is 1. The number of carbonyl (C=O) groups is 2. The quantitative estimate of drug-likeness (QED) is 0.632. The Hall–Kier alpha value is -3.38. The van der Waals surface area contributed by atoms with Crippen LogP contribution in [0.4, 0.5) is 0 Å². The van der Waals surface area contributed by atoms with Gasteiger partial charge in [0.1, 0.15) is 5.76 Å². The minimum Gasteiger partial charge on any atom is -0.503 e. The van der Waals surface area contributed by atoms with Gasteiger partial charge in [-0.25, -0.2) is 0 Å². The number of hydrogen-bond donors (Lipinski definition) is 1. The predicted molar refractivity (Wildman–Crippen MR) is 106 cm³/mol. The van der Waals surface area contributed by atoms with Crippen LogP contribution in [0.5, 0.6) is 0 Å². The summed E-state index contributed by atoms with van der Waals surface area (Å²) >= 11 is 6.01. The highest BCUT2D eigenvalue weighted by atomic mass is 35.5. The Balaban J connectivity index is 1.79. The van der Waals surface area contributed by atoms with Crippen molar-refractivity contribution < 1.29 is 19.1 Å². The number of amides is 1. The lowest BCUT2D eigenvalue weighted by molar-refractivity contribution is -0.130. The zero-order valence-corrected chi connectivity index (χ0v) is 16.3. The summed E-state index contributed by atoms with van der Waals surface area (Å²) in [7, 11) is 0. The molecule has 1 N–H and O–H groups in total. The van der Waals surface area contributed by atoms with Crippen LogP contribution >= 0.6 is 11.6 Å². The van der Waals surface area contributed by atoms with Gasteiger partial charge in [0.15, 0.2) is 11.5 Å². The first-order chi connectivity index (χ1) is 14.0. The molecule has 4 rings (SSSR count). The summed E-state index contributed by atoms with van der Waals surface area (Å²) in [5, 5.41) is 11.1. The Morgan fingerprint density at radius 3 is 2.59 bits per heavy atom. The fraction of sp³-hybridized carbons (Fsp3) is 0.136. The molecule has 1 aromatic carbocycles. The number of aromatic nitrogens is 1. The number of benzene rings is 1. The summed E-state index contributed by atoms with van der Waals surface area (Å²) in [6.07, 6.45) is 3.27. The smallest absolute Gasteiger partial charge is 0.290 e. The second kappa shape index (κ2) is 7.56. The SMILES string of the molecule is Cc1ccc(C(=O)C2=C(O)C(=O)N(Cc3cccnc3)C2c2ccc(Cl)cc2)o1. The molecule has 3 aromatic rings. The zero-order chi connectivity index (χ0) is 20.5. The number of pyridine rings is 1. The molecule has 1 aliphatic rings. The molecular weight excluding hydrogens is 392 g/mol. The number of aliphatic hydroxyl groups excluding tert-OH is 1. The van der Waals surface area contributed by atoms with Gasteiger partial charge in [-0.15, -0.1) is 0 Å². The van der Waals surface area contributed by atoms with Crippen molar-refractivity contribution in [3.8, 4) is 0 Å². The summed E-state index contributed by atoms with van der Waals surface area (Å²) in [4.78, 5) is 31.6. The van der Waals surface area contributed by atoms with Crippen molar-refractivity contribution in [1.82, 2.24) is 9.88 Å². The van der Waals surface area contributed by atoms with Crippen LogP contribution in [0, 0.1) is 6.92 Å². The van der Waals surface area contributed by atoms with Crippen molar-refractivity contribution in [3.05, 3.63) is 99.9 Å². The van der Waals surface area contributed by atoms with E-state index in [2.05, 4.69) is 4.98 Å². The molecule has 0 fully saturated rings. The molecule has 0 aliphatic carbocycles. The average Bonchev–Trinajstić information content (AvgIpc) is 3.26. The number of aryl methyl sites for hydroxylation is 1. The molecule has 1 amide bonds. The zero-order valence-electron chi connectivity index (χ0n) is 15.5. The van der Waals surface area contributed by atoms with E-state index in [1.54, 1.807) is 55.7 Å². The predicted octanol–water partition coefficient (Wildman–Crippen LogP) is 4.41. The molecule has 0 spiro atoms. The van der Waals surface area contributed by atoms with Gasteiger partial charge in [-0.2, -0.15) is 0 Å². The standard InChI is InChI=1S/C22H17ClN2O4/c1-13-4-9-17(29-13)20(26)18-19(15-5-7-16(23)8-6-15)25(22(28)21(18)27)12-14-3-2-10-24-11-14/h2-11,19,27H,12H2,1H3. The lowest BCUT2D eigenvalue weighted by Gasteiger charge is -2.26. The highest BCUT2D eigenvalue weighted by Gasteiger charge is 2.44. The summed E-state index contributed by atoms with van der Waals surface area (Å²) in [6, 6.07) is 12.8. The van der Waals surface area contributed by atoms with Gasteiger partial charge in [-0.3, -0.25) is 14.6 Å². The van der Waals surface area contributed by atoms with Gasteiger partial charge in [0.25, 0.3) is 5.91 Å². The van der Waals surface area contributed by atoms with Crippen LogP contribution in [0.2, 0.25) is 5.02 Å². The molecule has 146 valence electrons. The molecule has 3 heterocycles. The number of halogens is 1. The summed E-state index contributed by atoms with van der Waals surface area (Å²) in [5.41, 5.74) is 1.41. The van der Waals surface area contributed by atoms with Gasteiger partial charge < -0.3 is 14.4 Å². The monoisotopic (exact) mass is 408 g/mol. The number of ketones is 1. The fourth-order valence-corrected chi connectivity index (χ4v) is 3.54. The lowest BCUT2D eigenvalue weighted by Crippen LogP contribution is -2.30. The van der Waals surface area contributed by atoms with Crippen molar-refractivity contribution in [2.45, 2.75) is 19.5 Å². The Labute approximate surface area is 172 Å². The van der Waals surface area contributed by atoms with Crippen LogP contribution in [-0.2, 0) is 11.3 Å². The first kappa shape index (κ1) is 19.0. The maximum atomic E-state index is 13.1. The van der Waals surface area contributed by atoms with Gasteiger partial charge in [0, 0.05) is 24.0 Å². The highest BCUT2D eigenvalue weighted by molar-refractivity contribution is 6.30. The van der Waals surface area contributed by atoms with Gasteiger partial charge in [0.2, 0.25) is 5.78 Å². The van der Waals surface area contributed by atoms with E-state index >= 15 is 0 Å². The van der Waals surface area contributed by atoms with E-state index < -0.39 is 23.5 Å². The Morgan fingerprint density at radius 1 is 1.21 bits per heavy atom. The summed E-state index contributed by atoms with van der Waals surface area (Å²) < 4.78 is 5.44. The van der Waals surface area contributed by atoms with E-state index in [4.69, 9.17) is 16.0 Å². The van der Waals surface area contributed by atoms with Crippen molar-refractivity contribution in [3.63, 3.8) is 0 Å². The van der Waals surface area contributed by atoms with Crippen molar-refractivity contribution in [2.75, 3.05) is 0 Å². The number of Topliss-reactive ketones (excluding diaryl/α,β-unsaturated/α-hetero) is 1. The van der Waals surface area contributed by atoms with Crippen LogP contribution in [0.15, 0.2) is 76.7 Å². The van der Waals surface area contributed by atoms with Gasteiger partial charge in [-0.1, -0.05) is 29.8 Å². The third kappa shape index (κ3) is 3.54. The molecule has 0 bridgehead atoms. The number of carbonyl (C=O) groups excluding carboxylic acids is 2. The summed E-state index contributed by atoms with van der Waals surface area (Å²) in [6.45, 7) is 1.90. The van der Waals surface area contributed by atoms with Crippen LogP contribution in [0.25, 0.3) is 0 Å². The molecule has 0 saturated heterocycles. The second-order valence-corrected chi connectivity index (χ2v) is 7.19. The minimum atomic E-state index is -0.780. The Bertz CT molecular complexity index is 1100. The molecule has 0 radical (unpaired) electrons.